The topological polar surface area (TPSA) is 45.2 Å². The SMILES string of the molecule is Cc1ncc(CNCC(O)c2ccccc2C)s1. The predicted octanol–water partition coefficient (Wildman–Crippen LogP) is 2.58. The Balaban J connectivity index is 1.85. The molecule has 0 saturated carbocycles. The molecule has 2 N–H and O–H groups in total. The average molecular weight is 262 g/mol. The van der Waals surface area contributed by atoms with E-state index in [0.29, 0.717) is 6.54 Å². The van der Waals surface area contributed by atoms with E-state index in [1.165, 1.54) is 4.88 Å². The zero-order chi connectivity index (χ0) is 13.0. The first-order valence-corrected chi connectivity index (χ1v) is 6.84. The summed E-state index contributed by atoms with van der Waals surface area (Å²) in [6.45, 7) is 5.33. The van der Waals surface area contributed by atoms with Crippen LogP contribution in [0, 0.1) is 13.8 Å². The summed E-state index contributed by atoms with van der Waals surface area (Å²) in [5.74, 6) is 0. The summed E-state index contributed by atoms with van der Waals surface area (Å²) in [5, 5.41) is 14.4. The number of hydrogen-bond donors (Lipinski definition) is 2. The van der Waals surface area contributed by atoms with Gasteiger partial charge >= 0.3 is 0 Å². The Labute approximate surface area is 112 Å². The summed E-state index contributed by atoms with van der Waals surface area (Å²) in [5.41, 5.74) is 2.12. The van der Waals surface area contributed by atoms with E-state index < -0.39 is 6.10 Å². The van der Waals surface area contributed by atoms with Crippen molar-refractivity contribution in [2.75, 3.05) is 6.54 Å². The summed E-state index contributed by atoms with van der Waals surface area (Å²) < 4.78 is 0. The number of nitrogens with one attached hydrogen (secondary N) is 1. The molecular weight excluding hydrogens is 244 g/mol. The van der Waals surface area contributed by atoms with Crippen molar-refractivity contribution in [3.8, 4) is 0 Å². The lowest BCUT2D eigenvalue weighted by molar-refractivity contribution is 0.174. The molecule has 0 fully saturated rings. The molecule has 2 aromatic rings. The summed E-state index contributed by atoms with van der Waals surface area (Å²) in [6.07, 6.45) is 1.42. The molecule has 0 radical (unpaired) electrons. The minimum absolute atomic E-state index is 0.458. The number of aliphatic hydroxyl groups is 1. The van der Waals surface area contributed by atoms with E-state index in [0.717, 1.165) is 22.7 Å². The normalized spacial score (nSPS) is 12.6. The van der Waals surface area contributed by atoms with E-state index >= 15 is 0 Å². The molecule has 96 valence electrons. The summed E-state index contributed by atoms with van der Waals surface area (Å²) >= 11 is 1.68. The molecule has 0 amide bonds. The molecule has 1 aromatic heterocycles. The first-order valence-electron chi connectivity index (χ1n) is 6.02. The molecule has 1 atom stereocenters. The maximum atomic E-state index is 10.1. The number of aryl methyl sites for hydroxylation is 2. The van der Waals surface area contributed by atoms with Gasteiger partial charge in [0.25, 0.3) is 0 Å². The van der Waals surface area contributed by atoms with Crippen LogP contribution in [0.2, 0.25) is 0 Å². The van der Waals surface area contributed by atoms with Crippen LogP contribution in [0.4, 0.5) is 0 Å². The van der Waals surface area contributed by atoms with Gasteiger partial charge in [-0.3, -0.25) is 0 Å². The Hall–Kier alpha value is -1.23. The number of thiazole rings is 1. The number of nitrogens with zero attached hydrogens (tertiary/aromatic N) is 1. The van der Waals surface area contributed by atoms with E-state index in [4.69, 9.17) is 0 Å². The van der Waals surface area contributed by atoms with Gasteiger partial charge in [0.15, 0.2) is 0 Å². The maximum absolute atomic E-state index is 10.1. The second kappa shape index (κ2) is 6.09. The molecular formula is C14H18N2OS. The van der Waals surface area contributed by atoms with Crippen LogP contribution in [0.1, 0.15) is 27.1 Å². The molecule has 18 heavy (non-hydrogen) atoms. The number of benzene rings is 1. The fourth-order valence-corrected chi connectivity index (χ4v) is 2.65. The molecule has 2 rings (SSSR count). The van der Waals surface area contributed by atoms with E-state index in [9.17, 15) is 5.11 Å². The van der Waals surface area contributed by atoms with Crippen molar-refractivity contribution in [1.82, 2.24) is 10.3 Å². The number of hydrogen-bond acceptors (Lipinski definition) is 4. The summed E-state index contributed by atoms with van der Waals surface area (Å²) in [7, 11) is 0. The van der Waals surface area contributed by atoms with E-state index in [1.807, 2.05) is 44.3 Å². The van der Waals surface area contributed by atoms with Crippen molar-refractivity contribution in [3.05, 3.63) is 51.5 Å². The fourth-order valence-electron chi connectivity index (χ4n) is 1.89. The van der Waals surface area contributed by atoms with Gasteiger partial charge in [-0.2, -0.15) is 0 Å². The molecule has 3 nitrogen and oxygen atoms in total. The lowest BCUT2D eigenvalue weighted by Gasteiger charge is -2.14. The third kappa shape index (κ3) is 3.38. The van der Waals surface area contributed by atoms with Crippen LogP contribution in [0.3, 0.4) is 0 Å². The maximum Gasteiger partial charge on any atom is 0.0917 e. The zero-order valence-corrected chi connectivity index (χ0v) is 11.5. The highest BCUT2D eigenvalue weighted by molar-refractivity contribution is 7.11. The second-order valence-electron chi connectivity index (χ2n) is 4.35. The Morgan fingerprint density at radius 2 is 2.11 bits per heavy atom. The minimum atomic E-state index is -0.458. The van der Waals surface area contributed by atoms with Crippen molar-refractivity contribution >= 4 is 11.3 Å². The lowest BCUT2D eigenvalue weighted by Crippen LogP contribution is -2.21. The van der Waals surface area contributed by atoms with Crippen LogP contribution in [0.25, 0.3) is 0 Å². The van der Waals surface area contributed by atoms with Gasteiger partial charge in [0.05, 0.1) is 11.1 Å². The number of aliphatic hydroxyl groups excluding tert-OH is 1. The van der Waals surface area contributed by atoms with Crippen LogP contribution in [0.15, 0.2) is 30.5 Å². The monoisotopic (exact) mass is 262 g/mol. The third-order valence-electron chi connectivity index (χ3n) is 2.85. The van der Waals surface area contributed by atoms with Gasteiger partial charge < -0.3 is 10.4 Å². The summed E-state index contributed by atoms with van der Waals surface area (Å²) in [4.78, 5) is 5.40. The Morgan fingerprint density at radius 1 is 1.33 bits per heavy atom. The highest BCUT2D eigenvalue weighted by atomic mass is 32.1. The second-order valence-corrected chi connectivity index (χ2v) is 5.67. The molecule has 4 heteroatoms. The van der Waals surface area contributed by atoms with Gasteiger partial charge in [0.1, 0.15) is 0 Å². The smallest absolute Gasteiger partial charge is 0.0917 e. The molecule has 0 aliphatic heterocycles. The van der Waals surface area contributed by atoms with Crippen LogP contribution < -0.4 is 5.32 Å². The number of aromatic nitrogens is 1. The van der Waals surface area contributed by atoms with Gasteiger partial charge in [-0.1, -0.05) is 24.3 Å². The van der Waals surface area contributed by atoms with Crippen molar-refractivity contribution in [2.45, 2.75) is 26.5 Å². The Kier molecular flexibility index (Phi) is 4.47. The molecule has 1 aromatic carbocycles. The van der Waals surface area contributed by atoms with Crippen LogP contribution >= 0.6 is 11.3 Å². The van der Waals surface area contributed by atoms with Crippen LogP contribution in [-0.4, -0.2) is 16.6 Å². The van der Waals surface area contributed by atoms with E-state index in [-0.39, 0.29) is 0 Å². The van der Waals surface area contributed by atoms with Crippen molar-refractivity contribution in [2.24, 2.45) is 0 Å². The van der Waals surface area contributed by atoms with Crippen molar-refractivity contribution in [1.29, 1.82) is 0 Å². The average Bonchev–Trinajstić information content (AvgIpc) is 2.75. The summed E-state index contributed by atoms with van der Waals surface area (Å²) in [6, 6.07) is 7.93. The van der Waals surface area contributed by atoms with Crippen LogP contribution in [0.5, 0.6) is 0 Å². The zero-order valence-electron chi connectivity index (χ0n) is 10.7. The fraction of sp³-hybridized carbons (Fsp3) is 0.357. The molecule has 0 aliphatic rings. The predicted molar refractivity (Wildman–Crippen MR) is 74.7 cm³/mol. The van der Waals surface area contributed by atoms with Crippen molar-refractivity contribution in [3.63, 3.8) is 0 Å². The van der Waals surface area contributed by atoms with Crippen molar-refractivity contribution < 1.29 is 5.11 Å². The molecule has 0 bridgehead atoms. The highest BCUT2D eigenvalue weighted by Gasteiger charge is 2.09. The first kappa shape index (κ1) is 13.2. The Morgan fingerprint density at radius 3 is 2.78 bits per heavy atom. The van der Waals surface area contributed by atoms with Gasteiger partial charge in [-0.15, -0.1) is 11.3 Å². The third-order valence-corrected chi connectivity index (χ3v) is 3.77. The lowest BCUT2D eigenvalue weighted by atomic mass is 10.0. The van der Waals surface area contributed by atoms with E-state index in [1.54, 1.807) is 11.3 Å². The minimum Gasteiger partial charge on any atom is -0.387 e. The highest BCUT2D eigenvalue weighted by Crippen LogP contribution is 2.17. The molecule has 0 saturated heterocycles. The largest absolute Gasteiger partial charge is 0.387 e. The van der Waals surface area contributed by atoms with Gasteiger partial charge in [-0.25, -0.2) is 4.98 Å². The van der Waals surface area contributed by atoms with Gasteiger partial charge in [-0.05, 0) is 25.0 Å². The van der Waals surface area contributed by atoms with Crippen LogP contribution in [-0.2, 0) is 6.54 Å². The van der Waals surface area contributed by atoms with Gasteiger partial charge in [0, 0.05) is 24.2 Å². The standard InChI is InChI=1S/C14H18N2OS/c1-10-5-3-4-6-13(10)14(17)9-15-7-12-8-16-11(2)18-12/h3-6,8,14-15,17H,7,9H2,1-2H3. The first-order chi connectivity index (χ1) is 8.66. The molecule has 1 unspecified atom stereocenters. The Bertz CT molecular complexity index is 510. The molecule has 1 heterocycles. The van der Waals surface area contributed by atoms with Gasteiger partial charge in [0.2, 0.25) is 0 Å². The number of rotatable bonds is 5. The molecule has 0 aliphatic carbocycles. The molecule has 0 spiro atoms. The van der Waals surface area contributed by atoms with E-state index in [2.05, 4.69) is 10.3 Å². The quantitative estimate of drug-likeness (QED) is 0.870.